The van der Waals surface area contributed by atoms with Crippen molar-refractivity contribution in [1.29, 1.82) is 0 Å². The van der Waals surface area contributed by atoms with Crippen molar-refractivity contribution in [2.24, 2.45) is 5.73 Å². The summed E-state index contributed by atoms with van der Waals surface area (Å²) in [7, 11) is 0. The lowest BCUT2D eigenvalue weighted by Crippen LogP contribution is -2.08. The van der Waals surface area contributed by atoms with E-state index in [1.54, 1.807) is 0 Å². The maximum absolute atomic E-state index is 5.95. The van der Waals surface area contributed by atoms with Crippen molar-refractivity contribution in [2.75, 3.05) is 0 Å². The van der Waals surface area contributed by atoms with Crippen LogP contribution in [0, 0.1) is 0 Å². The van der Waals surface area contributed by atoms with Crippen LogP contribution in [0.15, 0.2) is 24.3 Å². The second-order valence-electron chi connectivity index (χ2n) is 3.99. The standard InChI is InChI=1S/C13H21N/c1-4-10(3)11-6-8-12(9-7-11)13(14)5-2/h6-10,13H,4-5,14H2,1-3H3/t10-,13-/m0/s1. The fourth-order valence-electron chi connectivity index (χ4n) is 1.54. The SMILES string of the molecule is CC[C@H](C)c1ccc([C@@H](N)CC)cc1. The molecule has 0 fully saturated rings. The molecule has 14 heavy (non-hydrogen) atoms. The summed E-state index contributed by atoms with van der Waals surface area (Å²) in [5, 5.41) is 0. The first kappa shape index (κ1) is 11.3. The summed E-state index contributed by atoms with van der Waals surface area (Å²) >= 11 is 0. The van der Waals surface area contributed by atoms with Crippen LogP contribution in [0.25, 0.3) is 0 Å². The third-order valence-electron chi connectivity index (χ3n) is 2.99. The van der Waals surface area contributed by atoms with Crippen molar-refractivity contribution in [2.45, 2.75) is 45.6 Å². The Morgan fingerprint density at radius 1 is 1.00 bits per heavy atom. The molecule has 0 aliphatic heterocycles. The van der Waals surface area contributed by atoms with Crippen molar-refractivity contribution in [1.82, 2.24) is 0 Å². The Kier molecular flexibility index (Phi) is 4.15. The van der Waals surface area contributed by atoms with Crippen molar-refractivity contribution < 1.29 is 0 Å². The molecule has 0 aliphatic rings. The minimum absolute atomic E-state index is 0.195. The summed E-state index contributed by atoms with van der Waals surface area (Å²) < 4.78 is 0. The van der Waals surface area contributed by atoms with Crippen LogP contribution in [0.3, 0.4) is 0 Å². The van der Waals surface area contributed by atoms with Crippen LogP contribution >= 0.6 is 0 Å². The molecule has 0 saturated carbocycles. The maximum atomic E-state index is 5.95. The second kappa shape index (κ2) is 5.16. The summed E-state index contributed by atoms with van der Waals surface area (Å²) in [4.78, 5) is 0. The lowest BCUT2D eigenvalue weighted by Gasteiger charge is -2.12. The molecule has 1 aromatic carbocycles. The van der Waals surface area contributed by atoms with Crippen LogP contribution in [0.2, 0.25) is 0 Å². The van der Waals surface area contributed by atoms with Crippen LogP contribution in [-0.4, -0.2) is 0 Å². The van der Waals surface area contributed by atoms with Crippen LogP contribution in [0.1, 0.15) is 56.7 Å². The fourth-order valence-corrected chi connectivity index (χ4v) is 1.54. The largest absolute Gasteiger partial charge is 0.324 e. The number of hydrogen-bond donors (Lipinski definition) is 1. The van der Waals surface area contributed by atoms with Crippen LogP contribution in [-0.2, 0) is 0 Å². The number of nitrogens with two attached hydrogens (primary N) is 1. The highest BCUT2D eigenvalue weighted by atomic mass is 14.6. The minimum atomic E-state index is 0.195. The van der Waals surface area contributed by atoms with Gasteiger partial charge in [-0.25, -0.2) is 0 Å². The zero-order chi connectivity index (χ0) is 10.6. The third kappa shape index (κ3) is 2.58. The smallest absolute Gasteiger partial charge is 0.0292 e. The van der Waals surface area contributed by atoms with E-state index in [1.165, 1.54) is 17.5 Å². The molecular formula is C13H21N. The highest BCUT2D eigenvalue weighted by Crippen LogP contribution is 2.21. The Balaban J connectivity index is 2.78. The molecule has 0 aromatic heterocycles. The van der Waals surface area contributed by atoms with Gasteiger partial charge in [0.05, 0.1) is 0 Å². The normalized spacial score (nSPS) is 15.1. The molecule has 0 radical (unpaired) electrons. The molecule has 1 heteroatoms. The van der Waals surface area contributed by atoms with E-state index in [4.69, 9.17) is 5.73 Å². The van der Waals surface area contributed by atoms with Crippen molar-refractivity contribution in [3.63, 3.8) is 0 Å². The van der Waals surface area contributed by atoms with E-state index in [2.05, 4.69) is 45.0 Å². The Morgan fingerprint density at radius 2 is 1.50 bits per heavy atom. The van der Waals surface area contributed by atoms with E-state index in [0.717, 1.165) is 6.42 Å². The molecule has 0 unspecified atom stereocenters. The van der Waals surface area contributed by atoms with E-state index in [1.807, 2.05) is 0 Å². The molecule has 1 rings (SSSR count). The summed E-state index contributed by atoms with van der Waals surface area (Å²) in [5.41, 5.74) is 8.62. The van der Waals surface area contributed by atoms with Crippen LogP contribution < -0.4 is 5.73 Å². The first-order chi connectivity index (χ1) is 6.69. The van der Waals surface area contributed by atoms with E-state index in [0.29, 0.717) is 5.92 Å². The van der Waals surface area contributed by atoms with Crippen molar-refractivity contribution in [3.05, 3.63) is 35.4 Å². The molecular weight excluding hydrogens is 170 g/mol. The van der Waals surface area contributed by atoms with E-state index < -0.39 is 0 Å². The molecule has 2 N–H and O–H groups in total. The molecule has 1 aromatic rings. The molecule has 78 valence electrons. The third-order valence-corrected chi connectivity index (χ3v) is 2.99. The van der Waals surface area contributed by atoms with Gasteiger partial charge in [0.2, 0.25) is 0 Å². The van der Waals surface area contributed by atoms with Gasteiger partial charge in [-0.3, -0.25) is 0 Å². The molecule has 0 bridgehead atoms. The Labute approximate surface area is 87.3 Å². The van der Waals surface area contributed by atoms with E-state index in [-0.39, 0.29) is 6.04 Å². The van der Waals surface area contributed by atoms with Gasteiger partial charge in [-0.05, 0) is 29.9 Å². The molecule has 0 saturated heterocycles. The Bertz CT molecular complexity index is 234. The molecule has 0 amide bonds. The number of rotatable bonds is 4. The highest BCUT2D eigenvalue weighted by molar-refractivity contribution is 5.26. The van der Waals surface area contributed by atoms with E-state index >= 15 is 0 Å². The van der Waals surface area contributed by atoms with Gasteiger partial charge in [0, 0.05) is 6.04 Å². The molecule has 0 spiro atoms. The summed E-state index contributed by atoms with van der Waals surface area (Å²) in [6, 6.07) is 8.93. The number of hydrogen-bond acceptors (Lipinski definition) is 1. The monoisotopic (exact) mass is 191 g/mol. The summed E-state index contributed by atoms with van der Waals surface area (Å²) in [6.45, 7) is 6.60. The Hall–Kier alpha value is -0.820. The molecule has 1 nitrogen and oxygen atoms in total. The van der Waals surface area contributed by atoms with Gasteiger partial charge in [-0.1, -0.05) is 45.0 Å². The van der Waals surface area contributed by atoms with Gasteiger partial charge in [0.1, 0.15) is 0 Å². The lowest BCUT2D eigenvalue weighted by atomic mass is 9.96. The van der Waals surface area contributed by atoms with Gasteiger partial charge in [-0.15, -0.1) is 0 Å². The molecule has 2 atom stereocenters. The zero-order valence-corrected chi connectivity index (χ0v) is 9.46. The van der Waals surface area contributed by atoms with Crippen molar-refractivity contribution >= 4 is 0 Å². The van der Waals surface area contributed by atoms with Gasteiger partial charge in [0.15, 0.2) is 0 Å². The maximum Gasteiger partial charge on any atom is 0.0292 e. The average Bonchev–Trinajstić information content (AvgIpc) is 2.27. The topological polar surface area (TPSA) is 26.0 Å². The minimum Gasteiger partial charge on any atom is -0.324 e. The van der Waals surface area contributed by atoms with Crippen LogP contribution in [0.5, 0.6) is 0 Å². The zero-order valence-electron chi connectivity index (χ0n) is 9.46. The quantitative estimate of drug-likeness (QED) is 0.773. The lowest BCUT2D eigenvalue weighted by molar-refractivity contribution is 0.694. The summed E-state index contributed by atoms with van der Waals surface area (Å²) in [6.07, 6.45) is 2.20. The van der Waals surface area contributed by atoms with Crippen LogP contribution in [0.4, 0.5) is 0 Å². The predicted molar refractivity (Wildman–Crippen MR) is 62.4 cm³/mol. The summed E-state index contributed by atoms with van der Waals surface area (Å²) in [5.74, 6) is 0.655. The van der Waals surface area contributed by atoms with Gasteiger partial charge in [0.25, 0.3) is 0 Å². The van der Waals surface area contributed by atoms with Gasteiger partial charge in [-0.2, -0.15) is 0 Å². The van der Waals surface area contributed by atoms with Crippen molar-refractivity contribution in [3.8, 4) is 0 Å². The first-order valence-corrected chi connectivity index (χ1v) is 5.54. The van der Waals surface area contributed by atoms with Gasteiger partial charge >= 0.3 is 0 Å². The van der Waals surface area contributed by atoms with E-state index in [9.17, 15) is 0 Å². The highest BCUT2D eigenvalue weighted by Gasteiger charge is 2.05. The predicted octanol–water partition coefficient (Wildman–Crippen LogP) is 3.61. The molecule has 0 heterocycles. The Morgan fingerprint density at radius 3 is 1.93 bits per heavy atom. The number of benzene rings is 1. The van der Waals surface area contributed by atoms with Gasteiger partial charge < -0.3 is 5.73 Å². The second-order valence-corrected chi connectivity index (χ2v) is 3.99. The average molecular weight is 191 g/mol. The first-order valence-electron chi connectivity index (χ1n) is 5.54. The molecule has 0 aliphatic carbocycles. The fraction of sp³-hybridized carbons (Fsp3) is 0.538.